The number of ether oxygens (including phenoxy) is 1. The number of hydrogen-bond donors (Lipinski definition) is 1. The van der Waals surface area contributed by atoms with E-state index in [-0.39, 0.29) is 6.04 Å². The van der Waals surface area contributed by atoms with E-state index in [9.17, 15) is 0 Å². The quantitative estimate of drug-likeness (QED) is 0.905. The van der Waals surface area contributed by atoms with Crippen LogP contribution in [0.15, 0.2) is 42.5 Å². The second-order valence-corrected chi connectivity index (χ2v) is 4.98. The first-order valence-electron chi connectivity index (χ1n) is 6.90. The maximum absolute atomic E-state index is 6.15. The lowest BCUT2D eigenvalue weighted by atomic mass is 9.96. The van der Waals surface area contributed by atoms with Crippen LogP contribution in [-0.2, 0) is 6.42 Å². The zero-order valence-corrected chi connectivity index (χ0v) is 11.2. The van der Waals surface area contributed by atoms with Crippen molar-refractivity contribution < 1.29 is 4.74 Å². The molecule has 0 fully saturated rings. The summed E-state index contributed by atoms with van der Waals surface area (Å²) in [5.41, 5.74) is 11.4. The summed E-state index contributed by atoms with van der Waals surface area (Å²) in [7, 11) is 0. The van der Waals surface area contributed by atoms with Gasteiger partial charge in [-0.1, -0.05) is 30.3 Å². The number of rotatable bonds is 3. The molecule has 0 saturated heterocycles. The van der Waals surface area contributed by atoms with Crippen molar-refractivity contribution >= 4 is 0 Å². The second kappa shape index (κ2) is 5.06. The minimum Gasteiger partial charge on any atom is -0.494 e. The highest BCUT2D eigenvalue weighted by atomic mass is 16.5. The molecule has 0 radical (unpaired) electrons. The molecule has 1 atom stereocenters. The fourth-order valence-electron chi connectivity index (χ4n) is 2.88. The minimum absolute atomic E-state index is 0.199. The van der Waals surface area contributed by atoms with Crippen LogP contribution in [0, 0.1) is 0 Å². The molecule has 1 aliphatic rings. The van der Waals surface area contributed by atoms with E-state index in [1.807, 2.05) is 13.0 Å². The van der Waals surface area contributed by atoms with E-state index in [1.165, 1.54) is 22.3 Å². The molecule has 2 N–H and O–H groups in total. The minimum atomic E-state index is 0.199. The Labute approximate surface area is 114 Å². The van der Waals surface area contributed by atoms with Gasteiger partial charge < -0.3 is 10.5 Å². The SMILES string of the molecule is CCOc1cccc(-c2cccc3c2CCC3N)c1. The highest BCUT2D eigenvalue weighted by molar-refractivity contribution is 5.71. The lowest BCUT2D eigenvalue weighted by molar-refractivity contribution is 0.340. The van der Waals surface area contributed by atoms with E-state index in [4.69, 9.17) is 10.5 Å². The van der Waals surface area contributed by atoms with Gasteiger partial charge in [0.1, 0.15) is 5.75 Å². The zero-order chi connectivity index (χ0) is 13.2. The Balaban J connectivity index is 2.05. The predicted molar refractivity (Wildman–Crippen MR) is 78.3 cm³/mol. The summed E-state index contributed by atoms with van der Waals surface area (Å²) in [6.45, 7) is 2.70. The van der Waals surface area contributed by atoms with Crippen molar-refractivity contribution in [2.75, 3.05) is 6.61 Å². The summed E-state index contributed by atoms with van der Waals surface area (Å²) in [6, 6.07) is 14.9. The predicted octanol–water partition coefficient (Wildman–Crippen LogP) is 3.70. The third-order valence-corrected chi connectivity index (χ3v) is 3.77. The first-order chi connectivity index (χ1) is 9.29. The molecule has 19 heavy (non-hydrogen) atoms. The van der Waals surface area contributed by atoms with Crippen LogP contribution in [0.25, 0.3) is 11.1 Å². The van der Waals surface area contributed by atoms with E-state index in [1.54, 1.807) is 0 Å². The summed E-state index contributed by atoms with van der Waals surface area (Å²) < 4.78 is 5.58. The van der Waals surface area contributed by atoms with Crippen molar-refractivity contribution in [2.45, 2.75) is 25.8 Å². The molecular formula is C17H19NO. The van der Waals surface area contributed by atoms with Gasteiger partial charge in [0, 0.05) is 6.04 Å². The standard InChI is InChI=1S/C17H19NO/c1-2-19-13-6-3-5-12(11-13)14-7-4-8-16-15(14)9-10-17(16)18/h3-8,11,17H,2,9-10,18H2,1H3. The van der Waals surface area contributed by atoms with Gasteiger partial charge in [-0.15, -0.1) is 0 Å². The molecular weight excluding hydrogens is 234 g/mol. The third-order valence-electron chi connectivity index (χ3n) is 3.77. The molecule has 0 heterocycles. The van der Waals surface area contributed by atoms with Gasteiger partial charge in [0.2, 0.25) is 0 Å². The van der Waals surface area contributed by atoms with Crippen LogP contribution in [-0.4, -0.2) is 6.61 Å². The first-order valence-corrected chi connectivity index (χ1v) is 6.90. The number of hydrogen-bond acceptors (Lipinski definition) is 2. The molecule has 0 spiro atoms. The number of benzene rings is 2. The van der Waals surface area contributed by atoms with Crippen molar-refractivity contribution in [3.63, 3.8) is 0 Å². The molecule has 2 aromatic rings. The highest BCUT2D eigenvalue weighted by Crippen LogP contribution is 2.37. The van der Waals surface area contributed by atoms with Gasteiger partial charge in [-0.05, 0) is 54.2 Å². The Hall–Kier alpha value is -1.80. The Morgan fingerprint density at radius 1 is 1.21 bits per heavy atom. The fourth-order valence-corrected chi connectivity index (χ4v) is 2.88. The monoisotopic (exact) mass is 253 g/mol. The van der Waals surface area contributed by atoms with E-state index >= 15 is 0 Å². The Bertz CT molecular complexity index is 592. The molecule has 2 nitrogen and oxygen atoms in total. The van der Waals surface area contributed by atoms with Crippen molar-refractivity contribution in [1.82, 2.24) is 0 Å². The lowest BCUT2D eigenvalue weighted by Crippen LogP contribution is -2.04. The zero-order valence-electron chi connectivity index (χ0n) is 11.2. The smallest absolute Gasteiger partial charge is 0.119 e. The van der Waals surface area contributed by atoms with Crippen LogP contribution >= 0.6 is 0 Å². The molecule has 98 valence electrons. The third kappa shape index (κ3) is 2.24. The maximum atomic E-state index is 6.15. The second-order valence-electron chi connectivity index (χ2n) is 4.98. The van der Waals surface area contributed by atoms with Crippen molar-refractivity contribution in [3.8, 4) is 16.9 Å². The molecule has 2 heteroatoms. The Kier molecular flexibility index (Phi) is 3.26. The summed E-state index contributed by atoms with van der Waals surface area (Å²) >= 11 is 0. The van der Waals surface area contributed by atoms with Crippen molar-refractivity contribution in [2.24, 2.45) is 5.73 Å². The van der Waals surface area contributed by atoms with Gasteiger partial charge in [0.25, 0.3) is 0 Å². The van der Waals surface area contributed by atoms with Crippen LogP contribution in [0.3, 0.4) is 0 Å². The molecule has 2 aromatic carbocycles. The van der Waals surface area contributed by atoms with Gasteiger partial charge in [0.05, 0.1) is 6.61 Å². The van der Waals surface area contributed by atoms with Gasteiger partial charge in [-0.25, -0.2) is 0 Å². The molecule has 1 aliphatic carbocycles. The average molecular weight is 253 g/mol. The molecule has 0 saturated carbocycles. The van der Waals surface area contributed by atoms with E-state index in [0.717, 1.165) is 18.6 Å². The van der Waals surface area contributed by atoms with Gasteiger partial charge >= 0.3 is 0 Å². The van der Waals surface area contributed by atoms with Crippen LogP contribution in [0.1, 0.15) is 30.5 Å². The number of fused-ring (bicyclic) bond motifs is 1. The summed E-state index contributed by atoms with van der Waals surface area (Å²) in [4.78, 5) is 0. The van der Waals surface area contributed by atoms with E-state index in [2.05, 4.69) is 36.4 Å². The largest absolute Gasteiger partial charge is 0.494 e. The summed E-state index contributed by atoms with van der Waals surface area (Å²) in [6.07, 6.45) is 2.13. The fraction of sp³-hybridized carbons (Fsp3) is 0.294. The summed E-state index contributed by atoms with van der Waals surface area (Å²) in [5, 5.41) is 0. The van der Waals surface area contributed by atoms with Crippen LogP contribution < -0.4 is 10.5 Å². The number of nitrogens with two attached hydrogens (primary N) is 1. The normalized spacial score (nSPS) is 17.3. The molecule has 1 unspecified atom stereocenters. The molecule has 3 rings (SSSR count). The van der Waals surface area contributed by atoms with Crippen molar-refractivity contribution in [3.05, 3.63) is 53.6 Å². The van der Waals surface area contributed by atoms with E-state index < -0.39 is 0 Å². The lowest BCUT2D eigenvalue weighted by Gasteiger charge is -2.11. The maximum Gasteiger partial charge on any atom is 0.119 e. The summed E-state index contributed by atoms with van der Waals surface area (Å²) in [5.74, 6) is 0.930. The first kappa shape index (κ1) is 12.2. The van der Waals surface area contributed by atoms with Crippen LogP contribution in [0.2, 0.25) is 0 Å². The van der Waals surface area contributed by atoms with Gasteiger partial charge in [-0.2, -0.15) is 0 Å². The molecule has 0 bridgehead atoms. The molecule has 0 aromatic heterocycles. The van der Waals surface area contributed by atoms with Crippen LogP contribution in [0.5, 0.6) is 5.75 Å². The van der Waals surface area contributed by atoms with Gasteiger partial charge in [-0.3, -0.25) is 0 Å². The molecule has 0 aliphatic heterocycles. The van der Waals surface area contributed by atoms with Crippen LogP contribution in [0.4, 0.5) is 0 Å². The topological polar surface area (TPSA) is 35.2 Å². The Morgan fingerprint density at radius 3 is 2.89 bits per heavy atom. The molecule has 0 amide bonds. The van der Waals surface area contributed by atoms with E-state index in [0.29, 0.717) is 6.61 Å². The van der Waals surface area contributed by atoms with Crippen molar-refractivity contribution in [1.29, 1.82) is 0 Å². The van der Waals surface area contributed by atoms with Gasteiger partial charge in [0.15, 0.2) is 0 Å². The Morgan fingerprint density at radius 2 is 2.05 bits per heavy atom. The highest BCUT2D eigenvalue weighted by Gasteiger charge is 2.21. The average Bonchev–Trinajstić information content (AvgIpc) is 2.81.